The molecule has 0 aromatic carbocycles. The van der Waals surface area contributed by atoms with Crippen molar-refractivity contribution in [3.63, 3.8) is 0 Å². The Morgan fingerprint density at radius 2 is 2.38 bits per heavy atom. The van der Waals surface area contributed by atoms with E-state index < -0.39 is 0 Å². The standard InChI is InChI=1S/C14H14N4O2S/c1-2-4-11-13(21-18-17-11)14(20)16-12-9-10(5-3-8-19)6-7-15-12/h6-7,9,19H,2,4,8H2,1H3,(H,15,16,20). The van der Waals surface area contributed by atoms with E-state index in [1.54, 1.807) is 18.3 Å². The number of aromatic nitrogens is 3. The van der Waals surface area contributed by atoms with Crippen LogP contribution in [0.25, 0.3) is 0 Å². The fourth-order valence-corrected chi connectivity index (χ4v) is 2.28. The lowest BCUT2D eigenvalue weighted by Gasteiger charge is -2.03. The van der Waals surface area contributed by atoms with E-state index in [2.05, 4.69) is 31.7 Å². The zero-order valence-corrected chi connectivity index (χ0v) is 12.3. The maximum atomic E-state index is 12.2. The van der Waals surface area contributed by atoms with Crippen LogP contribution in [0.3, 0.4) is 0 Å². The molecule has 0 radical (unpaired) electrons. The summed E-state index contributed by atoms with van der Waals surface area (Å²) >= 11 is 1.07. The normalized spacial score (nSPS) is 9.81. The van der Waals surface area contributed by atoms with E-state index in [0.717, 1.165) is 18.0 Å². The van der Waals surface area contributed by atoms with Crippen molar-refractivity contribution in [3.05, 3.63) is 34.5 Å². The van der Waals surface area contributed by atoms with E-state index in [9.17, 15) is 4.79 Å². The van der Waals surface area contributed by atoms with Gasteiger partial charge < -0.3 is 10.4 Å². The van der Waals surface area contributed by atoms with Gasteiger partial charge >= 0.3 is 0 Å². The molecule has 0 unspecified atom stereocenters. The first kappa shape index (κ1) is 15.1. The minimum absolute atomic E-state index is 0.211. The van der Waals surface area contributed by atoms with E-state index in [1.165, 1.54) is 0 Å². The van der Waals surface area contributed by atoms with Crippen LogP contribution in [0.4, 0.5) is 5.82 Å². The summed E-state index contributed by atoms with van der Waals surface area (Å²) in [7, 11) is 0. The highest BCUT2D eigenvalue weighted by Gasteiger charge is 2.16. The number of aliphatic hydroxyl groups excluding tert-OH is 1. The van der Waals surface area contributed by atoms with Crippen molar-refractivity contribution in [1.82, 2.24) is 14.6 Å². The Kier molecular flexibility index (Phi) is 5.37. The topological polar surface area (TPSA) is 88.0 Å². The Labute approximate surface area is 126 Å². The van der Waals surface area contributed by atoms with Gasteiger partial charge in [-0.15, -0.1) is 5.10 Å². The molecule has 2 heterocycles. The van der Waals surface area contributed by atoms with E-state index in [1.807, 2.05) is 6.92 Å². The average molecular weight is 302 g/mol. The summed E-state index contributed by atoms with van der Waals surface area (Å²) in [5.74, 6) is 5.44. The van der Waals surface area contributed by atoms with E-state index in [-0.39, 0.29) is 12.5 Å². The molecule has 0 saturated heterocycles. The number of hydrogen-bond acceptors (Lipinski definition) is 6. The number of carbonyl (C=O) groups excluding carboxylic acids is 1. The number of carbonyl (C=O) groups is 1. The maximum absolute atomic E-state index is 12.2. The number of aliphatic hydroxyl groups is 1. The van der Waals surface area contributed by atoms with Crippen LogP contribution in [-0.4, -0.2) is 32.2 Å². The van der Waals surface area contributed by atoms with E-state index in [0.29, 0.717) is 28.4 Å². The second kappa shape index (κ2) is 7.47. The summed E-state index contributed by atoms with van der Waals surface area (Å²) in [5, 5.41) is 15.4. The van der Waals surface area contributed by atoms with Gasteiger partial charge in [0.2, 0.25) is 0 Å². The number of anilines is 1. The van der Waals surface area contributed by atoms with Gasteiger partial charge in [0.1, 0.15) is 17.3 Å². The van der Waals surface area contributed by atoms with Crippen molar-refractivity contribution in [1.29, 1.82) is 0 Å². The summed E-state index contributed by atoms with van der Waals surface area (Å²) in [6.07, 6.45) is 3.17. The number of hydrogen-bond donors (Lipinski definition) is 2. The van der Waals surface area contributed by atoms with Crippen molar-refractivity contribution >= 4 is 23.3 Å². The molecule has 2 aromatic rings. The van der Waals surface area contributed by atoms with E-state index in [4.69, 9.17) is 5.11 Å². The molecular formula is C14H14N4O2S. The van der Waals surface area contributed by atoms with Crippen LogP contribution in [0.15, 0.2) is 18.3 Å². The molecule has 0 aliphatic rings. The molecule has 0 aliphatic carbocycles. The molecule has 0 saturated carbocycles. The van der Waals surface area contributed by atoms with Crippen LogP contribution in [-0.2, 0) is 6.42 Å². The molecule has 1 amide bonds. The van der Waals surface area contributed by atoms with Crippen molar-refractivity contribution in [2.24, 2.45) is 0 Å². The van der Waals surface area contributed by atoms with Gasteiger partial charge in [-0.05, 0) is 30.1 Å². The number of rotatable bonds is 4. The van der Waals surface area contributed by atoms with E-state index >= 15 is 0 Å². The van der Waals surface area contributed by atoms with Gasteiger partial charge in [-0.2, -0.15) is 0 Å². The molecule has 6 nitrogen and oxygen atoms in total. The molecule has 2 rings (SSSR count). The van der Waals surface area contributed by atoms with Gasteiger partial charge in [0.05, 0.1) is 5.69 Å². The zero-order chi connectivity index (χ0) is 15.1. The molecule has 21 heavy (non-hydrogen) atoms. The quantitative estimate of drug-likeness (QED) is 0.835. The van der Waals surface area contributed by atoms with Crippen molar-refractivity contribution in [3.8, 4) is 11.8 Å². The predicted octanol–water partition coefficient (Wildman–Crippen LogP) is 1.48. The number of pyridine rings is 1. The Balaban J connectivity index is 2.14. The average Bonchev–Trinajstić information content (AvgIpc) is 2.94. The Morgan fingerprint density at radius 1 is 1.52 bits per heavy atom. The molecule has 0 fully saturated rings. The van der Waals surface area contributed by atoms with Crippen LogP contribution < -0.4 is 5.32 Å². The lowest BCUT2D eigenvalue weighted by Crippen LogP contribution is -2.13. The van der Waals surface area contributed by atoms with Crippen molar-refractivity contribution in [2.75, 3.05) is 11.9 Å². The third-order valence-corrected chi connectivity index (χ3v) is 3.33. The highest BCUT2D eigenvalue weighted by molar-refractivity contribution is 7.08. The summed E-state index contributed by atoms with van der Waals surface area (Å²) in [5.41, 5.74) is 1.38. The largest absolute Gasteiger partial charge is 0.384 e. The second-order valence-corrected chi connectivity index (χ2v) is 4.90. The molecule has 0 spiro atoms. The zero-order valence-electron chi connectivity index (χ0n) is 11.5. The van der Waals surface area contributed by atoms with Crippen LogP contribution in [0.2, 0.25) is 0 Å². The molecule has 0 aliphatic heterocycles. The lowest BCUT2D eigenvalue weighted by molar-refractivity contribution is 0.102. The number of nitrogens with zero attached hydrogens (tertiary/aromatic N) is 3. The van der Waals surface area contributed by atoms with Crippen molar-refractivity contribution in [2.45, 2.75) is 19.8 Å². The highest BCUT2D eigenvalue weighted by Crippen LogP contribution is 2.15. The first-order chi connectivity index (χ1) is 10.2. The fraction of sp³-hybridized carbons (Fsp3) is 0.286. The van der Waals surface area contributed by atoms with Gasteiger partial charge in [0.25, 0.3) is 5.91 Å². The minimum atomic E-state index is -0.270. The van der Waals surface area contributed by atoms with Crippen LogP contribution in [0, 0.1) is 11.8 Å². The fourth-order valence-electron chi connectivity index (χ4n) is 1.67. The van der Waals surface area contributed by atoms with Gasteiger partial charge in [-0.1, -0.05) is 29.7 Å². The smallest absolute Gasteiger partial charge is 0.270 e. The summed E-state index contributed by atoms with van der Waals surface area (Å²) in [6.45, 7) is 1.81. The number of amides is 1. The van der Waals surface area contributed by atoms with Crippen LogP contribution in [0.5, 0.6) is 0 Å². The number of nitrogens with one attached hydrogen (secondary N) is 1. The molecular weight excluding hydrogens is 288 g/mol. The second-order valence-electron chi connectivity index (χ2n) is 4.14. The van der Waals surface area contributed by atoms with Gasteiger partial charge in [-0.3, -0.25) is 4.79 Å². The molecule has 7 heteroatoms. The molecule has 0 atom stereocenters. The minimum Gasteiger partial charge on any atom is -0.384 e. The first-order valence-corrected chi connectivity index (χ1v) is 7.20. The van der Waals surface area contributed by atoms with Crippen LogP contribution in [0.1, 0.15) is 34.3 Å². The third kappa shape index (κ3) is 4.08. The Hall–Kier alpha value is -2.30. The SMILES string of the molecule is CCCc1nnsc1C(=O)Nc1cc(C#CCO)ccn1. The molecule has 2 N–H and O–H groups in total. The van der Waals surface area contributed by atoms with Gasteiger partial charge in [0, 0.05) is 11.8 Å². The first-order valence-electron chi connectivity index (χ1n) is 6.43. The summed E-state index contributed by atoms with van der Waals surface area (Å²) < 4.78 is 3.82. The Morgan fingerprint density at radius 3 is 3.14 bits per heavy atom. The molecule has 108 valence electrons. The number of aryl methyl sites for hydroxylation is 1. The maximum Gasteiger partial charge on any atom is 0.270 e. The summed E-state index contributed by atoms with van der Waals surface area (Å²) in [4.78, 5) is 16.8. The van der Waals surface area contributed by atoms with Crippen molar-refractivity contribution < 1.29 is 9.90 Å². The highest BCUT2D eigenvalue weighted by atomic mass is 32.1. The molecule has 0 bridgehead atoms. The molecule has 2 aromatic heterocycles. The van der Waals surface area contributed by atoms with Gasteiger partial charge in [0.15, 0.2) is 0 Å². The lowest BCUT2D eigenvalue weighted by atomic mass is 10.2. The third-order valence-electron chi connectivity index (χ3n) is 2.56. The Bertz CT molecular complexity index is 688. The van der Waals surface area contributed by atoms with Gasteiger partial charge in [-0.25, -0.2) is 4.98 Å². The predicted molar refractivity (Wildman–Crippen MR) is 80.1 cm³/mol. The summed E-state index contributed by atoms with van der Waals surface area (Å²) in [6, 6.07) is 3.35. The monoisotopic (exact) mass is 302 g/mol. The van der Waals surface area contributed by atoms with Crippen LogP contribution >= 0.6 is 11.5 Å².